The molecule has 0 bridgehead atoms. The number of hydrogen-bond donors (Lipinski definition) is 0. The smallest absolute Gasteiger partial charge is 0.121 e. The van der Waals surface area contributed by atoms with Gasteiger partial charge < -0.3 is 9.13 Å². The van der Waals surface area contributed by atoms with Crippen molar-refractivity contribution >= 4 is 16.5 Å². The van der Waals surface area contributed by atoms with Gasteiger partial charge in [0.05, 0.1) is 0 Å². The van der Waals surface area contributed by atoms with Crippen LogP contribution in [0.5, 0.6) is 0 Å². The molecule has 106 valence electrons. The largest absolute Gasteiger partial charge is 0.324 e. The Morgan fingerprint density at radius 3 is 1.17 bits per heavy atom. The molecule has 0 saturated carbocycles. The molecule has 2 aliphatic rings. The highest BCUT2D eigenvalue weighted by Crippen LogP contribution is 2.29. The van der Waals surface area contributed by atoms with Gasteiger partial charge in [-0.25, -0.2) is 0 Å². The quantitative estimate of drug-likeness (QED) is 0.712. The Kier molecular flexibility index (Phi) is 4.73. The lowest BCUT2D eigenvalue weighted by Gasteiger charge is -2.39. The average Bonchev–Trinajstić information content (AvgIpc) is 2.99. The standard InChI is InChI=1S/C14H32N2Si2/c1-17(2,15-9-5-6-10-15)13-14-18(3,4)16-11-7-8-12-16/h5-14H2,1-4H3. The summed E-state index contributed by atoms with van der Waals surface area (Å²) in [6.07, 6.45) is 5.79. The minimum Gasteiger partial charge on any atom is -0.324 e. The Bertz CT molecular complexity index is 239. The van der Waals surface area contributed by atoms with Gasteiger partial charge in [-0.1, -0.05) is 26.2 Å². The fraction of sp³-hybridized carbons (Fsp3) is 1.00. The minimum atomic E-state index is -1.09. The zero-order valence-corrected chi connectivity index (χ0v) is 15.0. The maximum atomic E-state index is 2.86. The SMILES string of the molecule is C[Si](C)(CC[Si](C)(C)N1CCCC1)N1CCCC1. The van der Waals surface area contributed by atoms with E-state index in [9.17, 15) is 0 Å². The zero-order chi connectivity index (χ0) is 13.2. The molecule has 2 fully saturated rings. The third-order valence-corrected chi connectivity index (χ3v) is 13.0. The van der Waals surface area contributed by atoms with Crippen molar-refractivity contribution in [2.45, 2.75) is 64.0 Å². The Labute approximate surface area is 116 Å². The monoisotopic (exact) mass is 284 g/mol. The van der Waals surface area contributed by atoms with E-state index in [-0.39, 0.29) is 0 Å². The van der Waals surface area contributed by atoms with Crippen molar-refractivity contribution in [3.63, 3.8) is 0 Å². The maximum absolute atomic E-state index is 2.86. The number of rotatable bonds is 5. The summed E-state index contributed by atoms with van der Waals surface area (Å²) in [4.78, 5) is 0. The first-order chi connectivity index (χ1) is 8.42. The van der Waals surface area contributed by atoms with Crippen LogP contribution in [0.15, 0.2) is 0 Å². The minimum absolute atomic E-state index is 1.09. The molecule has 0 aromatic rings. The van der Waals surface area contributed by atoms with Crippen LogP contribution in [-0.2, 0) is 0 Å². The molecule has 18 heavy (non-hydrogen) atoms. The van der Waals surface area contributed by atoms with Gasteiger partial charge >= 0.3 is 0 Å². The van der Waals surface area contributed by atoms with Gasteiger partial charge in [0, 0.05) is 0 Å². The van der Waals surface area contributed by atoms with Crippen molar-refractivity contribution in [1.29, 1.82) is 0 Å². The van der Waals surface area contributed by atoms with E-state index < -0.39 is 16.5 Å². The first kappa shape index (κ1) is 14.8. The molecule has 0 spiro atoms. The molecule has 2 nitrogen and oxygen atoms in total. The van der Waals surface area contributed by atoms with E-state index in [1.165, 1.54) is 64.0 Å². The van der Waals surface area contributed by atoms with Crippen LogP contribution in [0, 0.1) is 0 Å². The first-order valence-corrected chi connectivity index (χ1v) is 14.2. The molecule has 2 rings (SSSR count). The fourth-order valence-electron chi connectivity index (χ4n) is 3.57. The van der Waals surface area contributed by atoms with E-state index in [0.29, 0.717) is 0 Å². The summed E-state index contributed by atoms with van der Waals surface area (Å²) >= 11 is 0. The van der Waals surface area contributed by atoms with Crippen molar-refractivity contribution in [3.8, 4) is 0 Å². The molecule has 0 atom stereocenters. The van der Waals surface area contributed by atoms with Crippen molar-refractivity contribution in [2.75, 3.05) is 26.2 Å². The molecular formula is C14H32N2Si2. The van der Waals surface area contributed by atoms with Gasteiger partial charge in [-0.05, 0) is 64.0 Å². The third kappa shape index (κ3) is 3.47. The summed E-state index contributed by atoms with van der Waals surface area (Å²) < 4.78 is 5.73. The summed E-state index contributed by atoms with van der Waals surface area (Å²) in [6, 6.07) is 3.06. The van der Waals surface area contributed by atoms with Gasteiger partial charge in [0.1, 0.15) is 16.5 Å². The highest BCUT2D eigenvalue weighted by Gasteiger charge is 2.36. The van der Waals surface area contributed by atoms with Crippen LogP contribution >= 0.6 is 0 Å². The summed E-state index contributed by atoms with van der Waals surface area (Å²) in [5, 5.41) is 0. The number of hydrogen-bond acceptors (Lipinski definition) is 2. The highest BCUT2D eigenvalue weighted by molar-refractivity contribution is 6.80. The molecule has 2 heterocycles. The Morgan fingerprint density at radius 1 is 0.611 bits per heavy atom. The second-order valence-electron chi connectivity index (χ2n) is 7.51. The molecule has 0 N–H and O–H groups in total. The van der Waals surface area contributed by atoms with Crippen LogP contribution < -0.4 is 0 Å². The van der Waals surface area contributed by atoms with Crippen LogP contribution in [0.4, 0.5) is 0 Å². The summed E-state index contributed by atoms with van der Waals surface area (Å²) in [6.45, 7) is 16.0. The molecule has 2 saturated heterocycles. The van der Waals surface area contributed by atoms with Crippen LogP contribution in [0.2, 0.25) is 38.3 Å². The van der Waals surface area contributed by atoms with Crippen LogP contribution in [0.1, 0.15) is 25.7 Å². The lowest BCUT2D eigenvalue weighted by atomic mass is 10.4. The summed E-state index contributed by atoms with van der Waals surface area (Å²) in [5.74, 6) is 0. The van der Waals surface area contributed by atoms with E-state index in [0.717, 1.165) is 0 Å². The molecule has 0 amide bonds. The normalized spacial score (nSPS) is 24.0. The van der Waals surface area contributed by atoms with Crippen molar-refractivity contribution in [2.24, 2.45) is 0 Å². The van der Waals surface area contributed by atoms with Gasteiger partial charge in [-0.2, -0.15) is 0 Å². The molecule has 0 unspecified atom stereocenters. The topological polar surface area (TPSA) is 6.48 Å². The average molecular weight is 285 g/mol. The predicted molar refractivity (Wildman–Crippen MR) is 86.2 cm³/mol. The predicted octanol–water partition coefficient (Wildman–Crippen LogP) is 3.59. The third-order valence-electron chi connectivity index (χ3n) is 5.27. The maximum Gasteiger partial charge on any atom is 0.121 e. The Morgan fingerprint density at radius 2 is 0.889 bits per heavy atom. The summed E-state index contributed by atoms with van der Waals surface area (Å²) in [5.41, 5.74) is 0. The van der Waals surface area contributed by atoms with Crippen LogP contribution in [0.25, 0.3) is 0 Å². The van der Waals surface area contributed by atoms with E-state index in [4.69, 9.17) is 0 Å². The van der Waals surface area contributed by atoms with Crippen molar-refractivity contribution in [3.05, 3.63) is 0 Å². The Balaban J connectivity index is 1.85. The number of nitrogens with zero attached hydrogens (tertiary/aromatic N) is 2. The van der Waals surface area contributed by atoms with Gasteiger partial charge in [-0.15, -0.1) is 0 Å². The van der Waals surface area contributed by atoms with Gasteiger partial charge in [0.2, 0.25) is 0 Å². The fourth-order valence-corrected chi connectivity index (χ4v) is 12.2. The van der Waals surface area contributed by atoms with Crippen LogP contribution in [-0.4, -0.2) is 51.8 Å². The van der Waals surface area contributed by atoms with E-state index in [1.54, 1.807) is 0 Å². The first-order valence-electron chi connectivity index (χ1n) is 7.92. The molecule has 0 radical (unpaired) electrons. The second-order valence-corrected chi connectivity index (χ2v) is 17.0. The molecule has 4 heteroatoms. The molecule has 2 aliphatic heterocycles. The van der Waals surface area contributed by atoms with E-state index >= 15 is 0 Å². The van der Waals surface area contributed by atoms with Crippen molar-refractivity contribution < 1.29 is 0 Å². The summed E-state index contributed by atoms with van der Waals surface area (Å²) in [7, 11) is -2.18. The lowest BCUT2D eigenvalue weighted by Crippen LogP contribution is -2.51. The second kappa shape index (κ2) is 5.77. The molecule has 0 aromatic carbocycles. The van der Waals surface area contributed by atoms with Crippen LogP contribution in [0.3, 0.4) is 0 Å². The van der Waals surface area contributed by atoms with E-state index in [2.05, 4.69) is 35.3 Å². The lowest BCUT2D eigenvalue weighted by molar-refractivity contribution is 0.508. The Hall–Kier alpha value is 0.354. The van der Waals surface area contributed by atoms with Gasteiger partial charge in [0.15, 0.2) is 0 Å². The molecule has 0 aromatic heterocycles. The molecule has 0 aliphatic carbocycles. The van der Waals surface area contributed by atoms with Gasteiger partial charge in [-0.3, -0.25) is 0 Å². The highest BCUT2D eigenvalue weighted by atomic mass is 28.3. The zero-order valence-electron chi connectivity index (χ0n) is 13.0. The van der Waals surface area contributed by atoms with Crippen molar-refractivity contribution in [1.82, 2.24) is 9.13 Å². The van der Waals surface area contributed by atoms with E-state index in [1.807, 2.05) is 0 Å². The van der Waals surface area contributed by atoms with Gasteiger partial charge in [0.25, 0.3) is 0 Å². The molecular weight excluding hydrogens is 252 g/mol.